The minimum absolute atomic E-state index is 0.106. The van der Waals surface area contributed by atoms with E-state index < -0.39 is 0 Å². The highest BCUT2D eigenvalue weighted by Crippen LogP contribution is 2.31. The molecule has 1 atom stereocenters. The molecular weight excluding hydrogens is 236 g/mol. The molecule has 2 nitrogen and oxygen atoms in total. The maximum atomic E-state index is 12.3. The summed E-state index contributed by atoms with van der Waals surface area (Å²) >= 11 is 0. The van der Waals surface area contributed by atoms with E-state index in [1.807, 2.05) is 48.5 Å². The van der Waals surface area contributed by atoms with E-state index in [1.165, 1.54) is 5.56 Å². The molecule has 0 saturated heterocycles. The number of carbonyl (C=O) groups excluding carboxylic acids is 1. The predicted molar refractivity (Wildman–Crippen MR) is 74.7 cm³/mol. The number of aryl methyl sites for hydroxylation is 1. The van der Waals surface area contributed by atoms with Gasteiger partial charge in [-0.1, -0.05) is 43.3 Å². The van der Waals surface area contributed by atoms with Gasteiger partial charge in [0.25, 0.3) is 0 Å². The molecule has 0 fully saturated rings. The van der Waals surface area contributed by atoms with Crippen LogP contribution in [0.3, 0.4) is 0 Å². The van der Waals surface area contributed by atoms with E-state index in [0.29, 0.717) is 6.42 Å². The zero-order valence-electron chi connectivity index (χ0n) is 10.9. The smallest absolute Gasteiger partial charge is 0.207 e. The highest BCUT2D eigenvalue weighted by atomic mass is 16.5. The fourth-order valence-corrected chi connectivity index (χ4v) is 2.44. The number of ketones is 1. The van der Waals surface area contributed by atoms with Crippen molar-refractivity contribution < 1.29 is 9.53 Å². The second-order valence-corrected chi connectivity index (χ2v) is 4.84. The fraction of sp³-hybridized carbons (Fsp3) is 0.235. The maximum absolute atomic E-state index is 12.3. The van der Waals surface area contributed by atoms with Gasteiger partial charge in [0.15, 0.2) is 6.10 Å². The summed E-state index contributed by atoms with van der Waals surface area (Å²) in [5.41, 5.74) is 3.04. The molecule has 0 radical (unpaired) electrons. The molecule has 96 valence electrons. The van der Waals surface area contributed by atoms with Gasteiger partial charge in [0.05, 0.1) is 5.56 Å². The Labute approximate surface area is 113 Å². The first-order valence-electron chi connectivity index (χ1n) is 6.65. The van der Waals surface area contributed by atoms with Crippen molar-refractivity contribution in [2.45, 2.75) is 25.9 Å². The summed E-state index contributed by atoms with van der Waals surface area (Å²) < 4.78 is 5.77. The van der Waals surface area contributed by atoms with E-state index in [-0.39, 0.29) is 11.9 Å². The summed E-state index contributed by atoms with van der Waals surface area (Å²) in [5, 5.41) is 0. The van der Waals surface area contributed by atoms with E-state index in [1.54, 1.807) is 0 Å². The van der Waals surface area contributed by atoms with Gasteiger partial charge in [0.2, 0.25) is 5.78 Å². The number of carbonyl (C=O) groups is 1. The van der Waals surface area contributed by atoms with Crippen LogP contribution in [-0.2, 0) is 12.8 Å². The third-order valence-electron chi connectivity index (χ3n) is 3.54. The predicted octanol–water partition coefficient (Wildman–Crippen LogP) is 3.44. The Morgan fingerprint density at radius 1 is 1.05 bits per heavy atom. The number of benzene rings is 2. The summed E-state index contributed by atoms with van der Waals surface area (Å²) in [6.07, 6.45) is 1.20. The van der Waals surface area contributed by atoms with E-state index in [0.717, 1.165) is 23.3 Å². The number of rotatable bonds is 3. The molecule has 0 bridgehead atoms. The van der Waals surface area contributed by atoms with E-state index in [4.69, 9.17) is 4.74 Å². The van der Waals surface area contributed by atoms with E-state index >= 15 is 0 Å². The number of Topliss-reactive ketones (excluding diaryl/α,β-unsaturated/α-hetero) is 1. The molecular formula is C17H16O2. The van der Waals surface area contributed by atoms with Crippen LogP contribution in [0.1, 0.15) is 28.4 Å². The van der Waals surface area contributed by atoms with Crippen LogP contribution in [0.5, 0.6) is 5.75 Å². The molecule has 0 aliphatic carbocycles. The molecule has 19 heavy (non-hydrogen) atoms. The summed E-state index contributed by atoms with van der Waals surface area (Å²) in [5.74, 6) is 0.831. The van der Waals surface area contributed by atoms with Gasteiger partial charge in [-0.2, -0.15) is 0 Å². The van der Waals surface area contributed by atoms with Gasteiger partial charge in [0, 0.05) is 6.42 Å². The number of ether oxygens (including phenoxy) is 1. The van der Waals surface area contributed by atoms with Crippen molar-refractivity contribution in [2.75, 3.05) is 0 Å². The average Bonchev–Trinajstić information content (AvgIpc) is 2.76. The zero-order chi connectivity index (χ0) is 13.2. The van der Waals surface area contributed by atoms with Crippen molar-refractivity contribution in [3.05, 3.63) is 65.2 Å². The average molecular weight is 252 g/mol. The van der Waals surface area contributed by atoms with Crippen LogP contribution in [0.25, 0.3) is 0 Å². The molecule has 1 heterocycles. The minimum Gasteiger partial charge on any atom is -0.481 e. The largest absolute Gasteiger partial charge is 0.481 e. The molecule has 0 spiro atoms. The Morgan fingerprint density at radius 2 is 1.84 bits per heavy atom. The number of fused-ring (bicyclic) bond motifs is 1. The quantitative estimate of drug-likeness (QED) is 0.836. The summed E-state index contributed by atoms with van der Waals surface area (Å²) in [7, 11) is 0. The number of hydrogen-bond acceptors (Lipinski definition) is 2. The first kappa shape index (κ1) is 12.0. The van der Waals surface area contributed by atoms with Crippen LogP contribution >= 0.6 is 0 Å². The Morgan fingerprint density at radius 3 is 2.58 bits per heavy atom. The highest BCUT2D eigenvalue weighted by Gasteiger charge is 2.32. The van der Waals surface area contributed by atoms with Gasteiger partial charge in [0.1, 0.15) is 5.75 Å². The van der Waals surface area contributed by atoms with Crippen molar-refractivity contribution in [3.8, 4) is 5.75 Å². The van der Waals surface area contributed by atoms with Crippen molar-refractivity contribution in [3.63, 3.8) is 0 Å². The van der Waals surface area contributed by atoms with Crippen molar-refractivity contribution in [1.29, 1.82) is 0 Å². The van der Waals surface area contributed by atoms with Crippen LogP contribution in [0.4, 0.5) is 0 Å². The molecule has 0 unspecified atom stereocenters. The zero-order valence-corrected chi connectivity index (χ0v) is 10.9. The Kier molecular flexibility index (Phi) is 3.08. The summed E-state index contributed by atoms with van der Waals surface area (Å²) in [6, 6.07) is 15.9. The molecule has 2 aromatic rings. The van der Waals surface area contributed by atoms with Crippen molar-refractivity contribution in [2.24, 2.45) is 0 Å². The topological polar surface area (TPSA) is 26.3 Å². The molecule has 2 aromatic carbocycles. The van der Waals surface area contributed by atoms with Crippen molar-refractivity contribution in [1.82, 2.24) is 0 Å². The standard InChI is InChI=1S/C17H16O2/c1-2-12-8-9-15-14(10-12)17(18)16(19-15)11-13-6-4-3-5-7-13/h3-10,16H,2,11H2,1H3/t16-/m0/s1. The summed E-state index contributed by atoms with van der Waals surface area (Å²) in [6.45, 7) is 2.09. The molecule has 1 aliphatic heterocycles. The normalized spacial score (nSPS) is 17.1. The van der Waals surface area contributed by atoms with Crippen molar-refractivity contribution >= 4 is 5.78 Å². The fourth-order valence-electron chi connectivity index (χ4n) is 2.44. The van der Waals surface area contributed by atoms with Gasteiger partial charge in [-0.15, -0.1) is 0 Å². The van der Waals surface area contributed by atoms with E-state index in [2.05, 4.69) is 6.92 Å². The van der Waals surface area contributed by atoms with Crippen LogP contribution < -0.4 is 4.74 Å². The molecule has 0 saturated carbocycles. The Hall–Kier alpha value is -2.09. The van der Waals surface area contributed by atoms with Gasteiger partial charge in [-0.25, -0.2) is 0 Å². The second-order valence-electron chi connectivity index (χ2n) is 4.84. The lowest BCUT2D eigenvalue weighted by molar-refractivity contribution is 0.0858. The monoisotopic (exact) mass is 252 g/mol. The third kappa shape index (κ3) is 2.26. The minimum atomic E-state index is -0.371. The first-order valence-corrected chi connectivity index (χ1v) is 6.65. The molecule has 2 heteroatoms. The molecule has 0 aromatic heterocycles. The molecule has 3 rings (SSSR count). The van der Waals surface area contributed by atoms with E-state index in [9.17, 15) is 4.79 Å². The third-order valence-corrected chi connectivity index (χ3v) is 3.54. The molecule has 0 amide bonds. The highest BCUT2D eigenvalue weighted by molar-refractivity contribution is 6.04. The second kappa shape index (κ2) is 4.88. The van der Waals surface area contributed by atoms with Gasteiger partial charge in [-0.3, -0.25) is 4.79 Å². The van der Waals surface area contributed by atoms with Gasteiger partial charge in [-0.05, 0) is 29.7 Å². The lowest BCUT2D eigenvalue weighted by Crippen LogP contribution is -2.23. The Bertz CT molecular complexity index is 602. The molecule has 0 N–H and O–H groups in total. The van der Waals surface area contributed by atoms with Crippen LogP contribution in [-0.4, -0.2) is 11.9 Å². The van der Waals surface area contributed by atoms with Crippen LogP contribution in [0, 0.1) is 0 Å². The lowest BCUT2D eigenvalue weighted by atomic mass is 10.0. The SMILES string of the molecule is CCc1ccc2c(c1)C(=O)[C@H](Cc1ccccc1)O2. The first-order chi connectivity index (χ1) is 9.28. The maximum Gasteiger partial charge on any atom is 0.207 e. The number of hydrogen-bond donors (Lipinski definition) is 0. The van der Waals surface area contributed by atoms with Gasteiger partial charge >= 0.3 is 0 Å². The van der Waals surface area contributed by atoms with Crippen LogP contribution in [0.2, 0.25) is 0 Å². The van der Waals surface area contributed by atoms with Crippen LogP contribution in [0.15, 0.2) is 48.5 Å². The van der Waals surface area contributed by atoms with Gasteiger partial charge < -0.3 is 4.74 Å². The molecule has 1 aliphatic rings. The lowest BCUT2D eigenvalue weighted by Gasteiger charge is -2.08. The Balaban J connectivity index is 1.83. The summed E-state index contributed by atoms with van der Waals surface area (Å²) in [4.78, 5) is 12.3.